The molecule has 4 nitrogen and oxygen atoms in total. The van der Waals surface area contributed by atoms with E-state index in [2.05, 4.69) is 33.2 Å². The maximum Gasteiger partial charge on any atom is 0.267 e. The maximum absolute atomic E-state index is 11.7. The minimum Gasteiger partial charge on any atom is -0.396 e. The van der Waals surface area contributed by atoms with Crippen molar-refractivity contribution in [2.24, 2.45) is 5.92 Å². The van der Waals surface area contributed by atoms with Crippen molar-refractivity contribution in [2.75, 3.05) is 13.2 Å². The van der Waals surface area contributed by atoms with Crippen molar-refractivity contribution < 1.29 is 9.90 Å². The van der Waals surface area contributed by atoms with Gasteiger partial charge in [-0.05, 0) is 40.8 Å². The van der Waals surface area contributed by atoms with E-state index in [-0.39, 0.29) is 12.5 Å². The molecule has 0 aliphatic carbocycles. The summed E-state index contributed by atoms with van der Waals surface area (Å²) in [6.45, 7) is 2.90. The molecular formula is C12H19BrN2O2. The predicted molar refractivity (Wildman–Crippen MR) is 70.9 cm³/mol. The van der Waals surface area contributed by atoms with Gasteiger partial charge in [0.15, 0.2) is 0 Å². The first-order chi connectivity index (χ1) is 8.17. The number of aliphatic hydroxyl groups is 1. The van der Waals surface area contributed by atoms with E-state index in [1.807, 2.05) is 0 Å². The van der Waals surface area contributed by atoms with Crippen LogP contribution in [0.3, 0.4) is 0 Å². The summed E-state index contributed by atoms with van der Waals surface area (Å²) in [6.07, 6.45) is 4.55. The highest BCUT2D eigenvalue weighted by atomic mass is 79.9. The number of aromatic nitrogens is 1. The third-order valence-corrected chi connectivity index (χ3v) is 3.14. The third kappa shape index (κ3) is 4.91. The van der Waals surface area contributed by atoms with Crippen molar-refractivity contribution >= 4 is 21.8 Å². The summed E-state index contributed by atoms with van der Waals surface area (Å²) in [7, 11) is 0. The molecule has 96 valence electrons. The second kappa shape index (κ2) is 7.50. The van der Waals surface area contributed by atoms with E-state index in [9.17, 15) is 4.79 Å². The van der Waals surface area contributed by atoms with Gasteiger partial charge in [-0.15, -0.1) is 0 Å². The summed E-state index contributed by atoms with van der Waals surface area (Å²) in [6, 6.07) is 1.75. The number of hydrogen-bond acceptors (Lipinski definition) is 2. The van der Waals surface area contributed by atoms with Crippen molar-refractivity contribution in [3.8, 4) is 0 Å². The SMILES string of the molecule is CCCC(CCO)CNC(=O)c1cc(Br)c[nH]1. The van der Waals surface area contributed by atoms with Gasteiger partial charge in [0, 0.05) is 23.8 Å². The average molecular weight is 303 g/mol. The molecule has 1 rings (SSSR count). The molecular weight excluding hydrogens is 284 g/mol. The minimum absolute atomic E-state index is 0.102. The van der Waals surface area contributed by atoms with Gasteiger partial charge in [0.1, 0.15) is 5.69 Å². The van der Waals surface area contributed by atoms with E-state index in [4.69, 9.17) is 5.11 Å². The molecule has 1 heterocycles. The van der Waals surface area contributed by atoms with Crippen LogP contribution >= 0.6 is 15.9 Å². The maximum atomic E-state index is 11.7. The molecule has 0 fully saturated rings. The van der Waals surface area contributed by atoms with E-state index in [1.54, 1.807) is 12.3 Å². The highest BCUT2D eigenvalue weighted by Crippen LogP contribution is 2.12. The number of rotatable bonds is 7. The van der Waals surface area contributed by atoms with Gasteiger partial charge >= 0.3 is 0 Å². The Bertz CT molecular complexity index is 346. The van der Waals surface area contributed by atoms with Gasteiger partial charge in [0.05, 0.1) is 0 Å². The number of amides is 1. The number of aromatic amines is 1. The Hall–Kier alpha value is -0.810. The van der Waals surface area contributed by atoms with E-state index in [0.717, 1.165) is 23.7 Å². The molecule has 0 radical (unpaired) electrons. The molecule has 0 saturated heterocycles. The lowest BCUT2D eigenvalue weighted by atomic mass is 10.0. The van der Waals surface area contributed by atoms with Crippen molar-refractivity contribution in [2.45, 2.75) is 26.2 Å². The second-order valence-corrected chi connectivity index (χ2v) is 5.02. The Morgan fingerprint density at radius 2 is 2.35 bits per heavy atom. The number of hydrogen-bond donors (Lipinski definition) is 3. The van der Waals surface area contributed by atoms with Crippen LogP contribution in [0.15, 0.2) is 16.7 Å². The summed E-state index contributed by atoms with van der Waals surface area (Å²) < 4.78 is 0.864. The third-order valence-electron chi connectivity index (χ3n) is 2.68. The molecule has 1 amide bonds. The quantitative estimate of drug-likeness (QED) is 0.723. The van der Waals surface area contributed by atoms with Gasteiger partial charge in [-0.25, -0.2) is 0 Å². The summed E-state index contributed by atoms with van der Waals surface area (Å²) in [4.78, 5) is 14.6. The van der Waals surface area contributed by atoms with Gasteiger partial charge in [-0.2, -0.15) is 0 Å². The molecule has 1 atom stereocenters. The highest BCUT2D eigenvalue weighted by Gasteiger charge is 2.11. The summed E-state index contributed by atoms with van der Waals surface area (Å²) in [5.74, 6) is 0.252. The molecule has 17 heavy (non-hydrogen) atoms. The normalized spacial score (nSPS) is 12.4. The number of nitrogens with one attached hydrogen (secondary N) is 2. The van der Waals surface area contributed by atoms with Gasteiger partial charge in [-0.3, -0.25) is 4.79 Å². The van der Waals surface area contributed by atoms with Gasteiger partial charge in [-0.1, -0.05) is 13.3 Å². The van der Waals surface area contributed by atoms with E-state index in [1.165, 1.54) is 0 Å². The Kier molecular flexibility index (Phi) is 6.29. The fourth-order valence-electron chi connectivity index (χ4n) is 1.77. The molecule has 1 aromatic rings. The zero-order valence-electron chi connectivity index (χ0n) is 10.0. The summed E-state index contributed by atoms with van der Waals surface area (Å²) in [5, 5.41) is 11.8. The minimum atomic E-state index is -0.102. The smallest absolute Gasteiger partial charge is 0.267 e. The van der Waals surface area contributed by atoms with Crippen LogP contribution in [0.1, 0.15) is 36.7 Å². The molecule has 0 spiro atoms. The number of carbonyl (C=O) groups is 1. The first-order valence-electron chi connectivity index (χ1n) is 5.90. The van der Waals surface area contributed by atoms with Crippen LogP contribution in [0.25, 0.3) is 0 Å². The standard InChI is InChI=1S/C12H19BrN2O2/c1-2-3-9(4-5-16)7-15-12(17)11-6-10(13)8-14-11/h6,8-9,14,16H,2-5,7H2,1H3,(H,15,17). The number of H-pyrrole nitrogens is 1. The topological polar surface area (TPSA) is 65.1 Å². The molecule has 0 aromatic carbocycles. The van der Waals surface area contributed by atoms with Gasteiger partial charge < -0.3 is 15.4 Å². The van der Waals surface area contributed by atoms with Crippen molar-refractivity contribution in [3.05, 3.63) is 22.4 Å². The molecule has 3 N–H and O–H groups in total. The zero-order chi connectivity index (χ0) is 12.7. The molecule has 1 aromatic heterocycles. The Morgan fingerprint density at radius 3 is 2.88 bits per heavy atom. The first-order valence-corrected chi connectivity index (χ1v) is 6.69. The van der Waals surface area contributed by atoms with E-state index in [0.29, 0.717) is 18.2 Å². The van der Waals surface area contributed by atoms with Crippen molar-refractivity contribution in [1.29, 1.82) is 0 Å². The number of halogens is 1. The summed E-state index contributed by atoms with van der Waals surface area (Å²) >= 11 is 3.29. The molecule has 1 unspecified atom stereocenters. The van der Waals surface area contributed by atoms with Crippen LogP contribution in [0.4, 0.5) is 0 Å². The largest absolute Gasteiger partial charge is 0.396 e. The Labute approximate surface area is 110 Å². The highest BCUT2D eigenvalue weighted by molar-refractivity contribution is 9.10. The van der Waals surface area contributed by atoms with Crippen molar-refractivity contribution in [3.63, 3.8) is 0 Å². The van der Waals surface area contributed by atoms with Gasteiger partial charge in [0.2, 0.25) is 0 Å². The summed E-state index contributed by atoms with van der Waals surface area (Å²) in [5.41, 5.74) is 0.552. The monoisotopic (exact) mass is 302 g/mol. The fraction of sp³-hybridized carbons (Fsp3) is 0.583. The lowest BCUT2D eigenvalue weighted by Gasteiger charge is -2.15. The van der Waals surface area contributed by atoms with Gasteiger partial charge in [0.25, 0.3) is 5.91 Å². The van der Waals surface area contributed by atoms with E-state index >= 15 is 0 Å². The molecule has 0 aliphatic rings. The van der Waals surface area contributed by atoms with E-state index < -0.39 is 0 Å². The Balaban J connectivity index is 2.40. The second-order valence-electron chi connectivity index (χ2n) is 4.11. The molecule has 0 aliphatic heterocycles. The molecule has 5 heteroatoms. The van der Waals surface area contributed by atoms with Crippen LogP contribution in [0.2, 0.25) is 0 Å². The number of carbonyl (C=O) groups excluding carboxylic acids is 1. The fourth-order valence-corrected chi connectivity index (χ4v) is 2.11. The average Bonchev–Trinajstić information content (AvgIpc) is 2.73. The molecule has 0 bridgehead atoms. The zero-order valence-corrected chi connectivity index (χ0v) is 11.6. The first kappa shape index (κ1) is 14.3. The predicted octanol–water partition coefficient (Wildman–Crippen LogP) is 2.31. The lowest BCUT2D eigenvalue weighted by Crippen LogP contribution is -2.30. The van der Waals surface area contributed by atoms with Crippen LogP contribution < -0.4 is 5.32 Å². The molecule has 0 saturated carbocycles. The van der Waals surface area contributed by atoms with Crippen LogP contribution in [0, 0.1) is 5.92 Å². The van der Waals surface area contributed by atoms with Crippen molar-refractivity contribution in [1.82, 2.24) is 10.3 Å². The Morgan fingerprint density at radius 1 is 1.59 bits per heavy atom. The number of aliphatic hydroxyl groups excluding tert-OH is 1. The van der Waals surface area contributed by atoms with Crippen LogP contribution in [-0.2, 0) is 0 Å². The van der Waals surface area contributed by atoms with Crippen LogP contribution in [0.5, 0.6) is 0 Å². The van der Waals surface area contributed by atoms with Crippen LogP contribution in [-0.4, -0.2) is 29.1 Å². The lowest BCUT2D eigenvalue weighted by molar-refractivity contribution is 0.0938.